The predicted molar refractivity (Wildman–Crippen MR) is 76.8 cm³/mol. The first-order valence-corrected chi connectivity index (χ1v) is 8.00. The monoisotopic (exact) mass is 312 g/mol. The van der Waals surface area contributed by atoms with Gasteiger partial charge in [0.15, 0.2) is 9.84 Å². The summed E-state index contributed by atoms with van der Waals surface area (Å²) in [6.07, 6.45) is 2.56. The van der Waals surface area contributed by atoms with Gasteiger partial charge in [0.1, 0.15) is 10.6 Å². The fourth-order valence-corrected chi connectivity index (χ4v) is 2.59. The number of sulfone groups is 1. The third-order valence-corrected chi connectivity index (χ3v) is 4.06. The molecule has 5 nitrogen and oxygen atoms in total. The zero-order chi connectivity index (χ0) is 14.8. The number of halogens is 1. The molecular formula is C13H13ClN2O3S. The minimum Gasteiger partial charge on any atom is -0.438 e. The summed E-state index contributed by atoms with van der Waals surface area (Å²) in [5.74, 6) is 0.419. The number of hydrogen-bond donors (Lipinski definition) is 1. The molecule has 0 bridgehead atoms. The second kappa shape index (κ2) is 5.78. The van der Waals surface area contributed by atoms with Gasteiger partial charge < -0.3 is 10.5 Å². The molecule has 0 fully saturated rings. The molecule has 0 aliphatic carbocycles. The number of benzene rings is 1. The van der Waals surface area contributed by atoms with Gasteiger partial charge in [0.25, 0.3) is 0 Å². The third kappa shape index (κ3) is 3.27. The average molecular weight is 313 g/mol. The molecule has 0 spiro atoms. The molecule has 0 amide bonds. The molecule has 2 N–H and O–H groups in total. The van der Waals surface area contributed by atoms with Crippen LogP contribution in [0.25, 0.3) is 0 Å². The van der Waals surface area contributed by atoms with Gasteiger partial charge >= 0.3 is 0 Å². The lowest BCUT2D eigenvalue weighted by Gasteiger charge is -2.09. The van der Waals surface area contributed by atoms with Gasteiger partial charge in [-0.15, -0.1) is 0 Å². The molecule has 1 heterocycles. The minimum atomic E-state index is -3.42. The van der Waals surface area contributed by atoms with E-state index in [2.05, 4.69) is 4.98 Å². The first kappa shape index (κ1) is 14.8. The Bertz CT molecular complexity index is 732. The Balaban J connectivity index is 2.38. The van der Waals surface area contributed by atoms with Crippen LogP contribution >= 0.6 is 11.6 Å². The maximum absolute atomic E-state index is 11.6. The Morgan fingerprint density at radius 3 is 2.70 bits per heavy atom. The summed E-state index contributed by atoms with van der Waals surface area (Å²) >= 11 is 6.03. The quantitative estimate of drug-likeness (QED) is 0.937. The number of hydrogen-bond acceptors (Lipinski definition) is 5. The molecular weight excluding hydrogens is 300 g/mol. The largest absolute Gasteiger partial charge is 0.438 e. The highest BCUT2D eigenvalue weighted by Crippen LogP contribution is 2.29. The summed E-state index contributed by atoms with van der Waals surface area (Å²) in [5, 5.41) is 0.460. The van der Waals surface area contributed by atoms with Crippen LogP contribution in [-0.4, -0.2) is 19.7 Å². The lowest BCUT2D eigenvalue weighted by molar-refractivity contribution is 0.447. The fraction of sp³-hybridized carbons (Fsp3) is 0.154. The van der Waals surface area contributed by atoms with E-state index >= 15 is 0 Å². The van der Waals surface area contributed by atoms with Crippen molar-refractivity contribution in [2.24, 2.45) is 5.73 Å². The Labute approximate surface area is 122 Å². The van der Waals surface area contributed by atoms with Crippen LogP contribution in [0.1, 0.15) is 5.56 Å². The zero-order valence-corrected chi connectivity index (χ0v) is 12.3. The maximum atomic E-state index is 11.6. The molecule has 106 valence electrons. The van der Waals surface area contributed by atoms with Crippen molar-refractivity contribution < 1.29 is 13.2 Å². The zero-order valence-electron chi connectivity index (χ0n) is 10.7. The van der Waals surface area contributed by atoms with Crippen molar-refractivity contribution in [1.82, 2.24) is 4.98 Å². The summed E-state index contributed by atoms with van der Waals surface area (Å²) in [7, 11) is -3.42. The van der Waals surface area contributed by atoms with E-state index in [1.807, 2.05) is 0 Å². The molecule has 0 radical (unpaired) electrons. The predicted octanol–water partition coefficient (Wildman–Crippen LogP) is 2.39. The van der Waals surface area contributed by atoms with E-state index < -0.39 is 9.84 Å². The van der Waals surface area contributed by atoms with E-state index in [-0.39, 0.29) is 10.8 Å². The van der Waals surface area contributed by atoms with Gasteiger partial charge in [0.05, 0.1) is 0 Å². The highest BCUT2D eigenvalue weighted by molar-refractivity contribution is 7.90. The first-order chi connectivity index (χ1) is 9.41. The van der Waals surface area contributed by atoms with Gasteiger partial charge in [-0.2, -0.15) is 0 Å². The number of pyridine rings is 1. The van der Waals surface area contributed by atoms with Crippen LogP contribution in [-0.2, 0) is 16.4 Å². The summed E-state index contributed by atoms with van der Waals surface area (Å²) in [6.45, 7) is 0.317. The number of aromatic nitrogens is 1. The van der Waals surface area contributed by atoms with Gasteiger partial charge in [-0.3, -0.25) is 0 Å². The molecule has 0 unspecified atom stereocenters. The summed E-state index contributed by atoms with van der Waals surface area (Å²) in [5.41, 5.74) is 6.30. The van der Waals surface area contributed by atoms with Crippen LogP contribution in [0.5, 0.6) is 11.6 Å². The van der Waals surface area contributed by atoms with Gasteiger partial charge in [-0.05, 0) is 29.8 Å². The third-order valence-electron chi connectivity index (χ3n) is 2.59. The standard InChI is InChI=1S/C13H13ClN2O3S/c1-20(17,18)12-3-2-6-16-13(12)19-10-5-4-9(8-15)11(14)7-10/h2-7H,8,15H2,1H3. The number of rotatable bonds is 4. The molecule has 0 saturated heterocycles. The number of ether oxygens (including phenoxy) is 1. The van der Waals surface area contributed by atoms with Crippen molar-refractivity contribution in [3.8, 4) is 11.6 Å². The summed E-state index contributed by atoms with van der Waals surface area (Å²) in [6, 6.07) is 7.93. The van der Waals surface area contributed by atoms with E-state index in [1.165, 1.54) is 18.3 Å². The molecule has 1 aromatic carbocycles. The minimum absolute atomic E-state index is 0.0200. The molecule has 0 saturated carbocycles. The van der Waals surface area contributed by atoms with Crippen molar-refractivity contribution in [2.45, 2.75) is 11.4 Å². The van der Waals surface area contributed by atoms with Crippen molar-refractivity contribution in [1.29, 1.82) is 0 Å². The van der Waals surface area contributed by atoms with Crippen LogP contribution in [0.3, 0.4) is 0 Å². The smallest absolute Gasteiger partial charge is 0.238 e. The highest BCUT2D eigenvalue weighted by atomic mass is 35.5. The Kier molecular flexibility index (Phi) is 4.27. The molecule has 7 heteroatoms. The van der Waals surface area contributed by atoms with Crippen LogP contribution < -0.4 is 10.5 Å². The van der Waals surface area contributed by atoms with Crippen molar-refractivity contribution in [2.75, 3.05) is 6.26 Å². The maximum Gasteiger partial charge on any atom is 0.238 e. The second-order valence-electron chi connectivity index (χ2n) is 4.14. The Hall–Kier alpha value is -1.63. The molecule has 20 heavy (non-hydrogen) atoms. The van der Waals surface area contributed by atoms with Gasteiger partial charge in [0.2, 0.25) is 5.88 Å². The van der Waals surface area contributed by atoms with Crippen LogP contribution in [0.15, 0.2) is 41.4 Å². The van der Waals surface area contributed by atoms with E-state index in [0.29, 0.717) is 17.3 Å². The number of nitrogens with zero attached hydrogens (tertiary/aromatic N) is 1. The molecule has 0 aliphatic heterocycles. The first-order valence-electron chi connectivity index (χ1n) is 5.73. The molecule has 0 aliphatic rings. The second-order valence-corrected chi connectivity index (χ2v) is 6.53. The molecule has 2 rings (SSSR count). The molecule has 2 aromatic rings. The van der Waals surface area contributed by atoms with E-state index in [1.54, 1.807) is 18.2 Å². The van der Waals surface area contributed by atoms with E-state index in [9.17, 15) is 8.42 Å². The summed E-state index contributed by atoms with van der Waals surface area (Å²) in [4.78, 5) is 3.97. The number of nitrogens with two attached hydrogens (primary N) is 1. The molecule has 1 aromatic heterocycles. The highest BCUT2D eigenvalue weighted by Gasteiger charge is 2.16. The Morgan fingerprint density at radius 1 is 1.35 bits per heavy atom. The summed E-state index contributed by atoms with van der Waals surface area (Å²) < 4.78 is 28.8. The van der Waals surface area contributed by atoms with Gasteiger partial charge in [-0.1, -0.05) is 17.7 Å². The molecule has 0 atom stereocenters. The van der Waals surface area contributed by atoms with Gasteiger partial charge in [0, 0.05) is 24.0 Å². The van der Waals surface area contributed by atoms with E-state index in [0.717, 1.165) is 11.8 Å². The van der Waals surface area contributed by atoms with Crippen LogP contribution in [0.2, 0.25) is 5.02 Å². The van der Waals surface area contributed by atoms with Crippen LogP contribution in [0.4, 0.5) is 0 Å². The lowest BCUT2D eigenvalue weighted by Crippen LogP contribution is -2.02. The topological polar surface area (TPSA) is 82.3 Å². The van der Waals surface area contributed by atoms with Crippen LogP contribution in [0, 0.1) is 0 Å². The van der Waals surface area contributed by atoms with Crippen molar-refractivity contribution in [3.05, 3.63) is 47.1 Å². The Morgan fingerprint density at radius 2 is 2.10 bits per heavy atom. The van der Waals surface area contributed by atoms with Crippen molar-refractivity contribution in [3.63, 3.8) is 0 Å². The van der Waals surface area contributed by atoms with Crippen molar-refractivity contribution >= 4 is 21.4 Å². The van der Waals surface area contributed by atoms with Gasteiger partial charge in [-0.25, -0.2) is 13.4 Å². The average Bonchev–Trinajstić information content (AvgIpc) is 2.38. The SMILES string of the molecule is CS(=O)(=O)c1cccnc1Oc1ccc(CN)c(Cl)c1. The fourth-order valence-electron chi connectivity index (χ4n) is 1.60. The van der Waals surface area contributed by atoms with E-state index in [4.69, 9.17) is 22.1 Å². The lowest BCUT2D eigenvalue weighted by atomic mass is 10.2. The normalized spacial score (nSPS) is 11.3.